The molecule has 88 valence electrons. The van der Waals surface area contributed by atoms with Crippen LogP contribution in [0.5, 0.6) is 0 Å². The van der Waals surface area contributed by atoms with Crippen molar-refractivity contribution in [2.24, 2.45) is 11.8 Å². The van der Waals surface area contributed by atoms with Crippen LogP contribution in [0.15, 0.2) is 11.6 Å². The molecule has 0 spiro atoms. The Morgan fingerprint density at radius 2 is 2.50 bits per heavy atom. The molecular weight excluding hydrogens is 222 g/mol. The summed E-state index contributed by atoms with van der Waals surface area (Å²) in [7, 11) is 0. The van der Waals surface area contributed by atoms with Crippen LogP contribution in [0.4, 0.5) is 0 Å². The zero-order valence-corrected chi connectivity index (χ0v) is 10.4. The summed E-state index contributed by atoms with van der Waals surface area (Å²) in [6, 6.07) is 0.0142. The van der Waals surface area contributed by atoms with Gasteiger partial charge < -0.3 is 10.6 Å². The summed E-state index contributed by atoms with van der Waals surface area (Å²) >= 11 is 1.57. The van der Waals surface area contributed by atoms with Gasteiger partial charge in [-0.25, -0.2) is 4.98 Å². The number of thiazole rings is 1. The summed E-state index contributed by atoms with van der Waals surface area (Å²) in [5.74, 6) is 0.658. The molecule has 1 fully saturated rings. The first-order valence-electron chi connectivity index (χ1n) is 5.59. The number of amides is 1. The van der Waals surface area contributed by atoms with Gasteiger partial charge in [-0.05, 0) is 19.4 Å². The fraction of sp³-hybridized carbons (Fsp3) is 0.636. The third kappa shape index (κ3) is 2.41. The largest absolute Gasteiger partial charge is 0.347 e. The molecular formula is C11H17N3OS. The Kier molecular flexibility index (Phi) is 3.56. The topological polar surface area (TPSA) is 54.0 Å². The lowest BCUT2D eigenvalue weighted by Crippen LogP contribution is -2.35. The highest BCUT2D eigenvalue weighted by molar-refractivity contribution is 7.09. The molecule has 0 bridgehead atoms. The lowest BCUT2D eigenvalue weighted by molar-refractivity contribution is -0.126. The molecule has 16 heavy (non-hydrogen) atoms. The van der Waals surface area contributed by atoms with Crippen LogP contribution in [-0.2, 0) is 4.79 Å². The second kappa shape index (κ2) is 4.93. The predicted octanol–water partition coefficient (Wildman–Crippen LogP) is 1.18. The molecule has 4 nitrogen and oxygen atoms in total. The number of carbonyl (C=O) groups is 1. The molecule has 0 aromatic carbocycles. The second-order valence-corrected chi connectivity index (χ2v) is 5.27. The summed E-state index contributed by atoms with van der Waals surface area (Å²) in [5.41, 5.74) is 0. The number of nitrogens with one attached hydrogen (secondary N) is 2. The van der Waals surface area contributed by atoms with Crippen LogP contribution in [-0.4, -0.2) is 24.0 Å². The van der Waals surface area contributed by atoms with Crippen molar-refractivity contribution in [3.63, 3.8) is 0 Å². The van der Waals surface area contributed by atoms with Gasteiger partial charge in [0.1, 0.15) is 5.01 Å². The monoisotopic (exact) mass is 239 g/mol. The lowest BCUT2D eigenvalue weighted by Gasteiger charge is -2.17. The van der Waals surface area contributed by atoms with Crippen LogP contribution in [0.25, 0.3) is 0 Å². The van der Waals surface area contributed by atoms with Crippen LogP contribution in [0.2, 0.25) is 0 Å². The first-order chi connectivity index (χ1) is 7.68. The van der Waals surface area contributed by atoms with Gasteiger partial charge in [-0.15, -0.1) is 11.3 Å². The lowest BCUT2D eigenvalue weighted by atomic mass is 9.97. The van der Waals surface area contributed by atoms with Gasteiger partial charge in [0.25, 0.3) is 0 Å². The van der Waals surface area contributed by atoms with E-state index >= 15 is 0 Å². The maximum atomic E-state index is 12.0. The Morgan fingerprint density at radius 1 is 1.69 bits per heavy atom. The summed E-state index contributed by atoms with van der Waals surface area (Å²) in [6.45, 7) is 5.81. The molecule has 3 atom stereocenters. The van der Waals surface area contributed by atoms with E-state index in [9.17, 15) is 4.79 Å². The van der Waals surface area contributed by atoms with Crippen molar-refractivity contribution in [3.8, 4) is 0 Å². The highest BCUT2D eigenvalue weighted by Crippen LogP contribution is 2.19. The van der Waals surface area contributed by atoms with Crippen molar-refractivity contribution >= 4 is 17.2 Å². The zero-order valence-electron chi connectivity index (χ0n) is 9.56. The van der Waals surface area contributed by atoms with E-state index < -0.39 is 0 Å². The number of nitrogens with zero attached hydrogens (tertiary/aromatic N) is 1. The normalized spacial score (nSPS) is 26.6. The van der Waals surface area contributed by atoms with Crippen molar-refractivity contribution in [1.82, 2.24) is 15.6 Å². The maximum Gasteiger partial charge on any atom is 0.225 e. The van der Waals surface area contributed by atoms with Gasteiger partial charge in [-0.1, -0.05) is 6.92 Å². The Labute approximate surface area is 99.5 Å². The Balaban J connectivity index is 1.92. The zero-order chi connectivity index (χ0) is 11.5. The molecule has 1 aromatic heterocycles. The molecule has 1 unspecified atom stereocenters. The van der Waals surface area contributed by atoms with E-state index in [0.29, 0.717) is 5.92 Å². The van der Waals surface area contributed by atoms with Gasteiger partial charge in [0, 0.05) is 18.1 Å². The first kappa shape index (κ1) is 11.5. The van der Waals surface area contributed by atoms with Crippen LogP contribution >= 0.6 is 11.3 Å². The molecule has 1 aromatic rings. The average molecular weight is 239 g/mol. The highest BCUT2D eigenvalue weighted by Gasteiger charge is 2.30. The van der Waals surface area contributed by atoms with E-state index in [1.54, 1.807) is 17.5 Å². The van der Waals surface area contributed by atoms with E-state index in [4.69, 9.17) is 0 Å². The van der Waals surface area contributed by atoms with E-state index in [1.165, 1.54) is 0 Å². The van der Waals surface area contributed by atoms with Crippen molar-refractivity contribution in [2.75, 3.05) is 13.1 Å². The second-order valence-electron chi connectivity index (χ2n) is 4.34. The molecule has 1 aliphatic heterocycles. The van der Waals surface area contributed by atoms with Crippen LogP contribution in [0, 0.1) is 11.8 Å². The van der Waals surface area contributed by atoms with Gasteiger partial charge in [-0.3, -0.25) is 4.79 Å². The minimum atomic E-state index is 0.0142. The van der Waals surface area contributed by atoms with Gasteiger partial charge in [0.05, 0.1) is 12.0 Å². The molecule has 0 saturated carbocycles. The molecule has 1 amide bonds. The molecule has 1 aliphatic rings. The third-order valence-electron chi connectivity index (χ3n) is 3.03. The fourth-order valence-electron chi connectivity index (χ4n) is 1.99. The van der Waals surface area contributed by atoms with Crippen LogP contribution in [0.1, 0.15) is 24.9 Å². The number of hydrogen-bond acceptors (Lipinski definition) is 4. The number of aromatic nitrogens is 1. The molecule has 0 aliphatic carbocycles. The first-order valence-corrected chi connectivity index (χ1v) is 6.47. The van der Waals surface area contributed by atoms with Crippen molar-refractivity contribution in [3.05, 3.63) is 16.6 Å². The van der Waals surface area contributed by atoms with Gasteiger partial charge in [0.15, 0.2) is 0 Å². The van der Waals surface area contributed by atoms with Crippen LogP contribution in [0.3, 0.4) is 0 Å². The number of rotatable bonds is 3. The minimum absolute atomic E-state index is 0.0142. The highest BCUT2D eigenvalue weighted by atomic mass is 32.1. The smallest absolute Gasteiger partial charge is 0.225 e. The van der Waals surface area contributed by atoms with E-state index in [1.807, 2.05) is 12.3 Å². The molecule has 5 heteroatoms. The van der Waals surface area contributed by atoms with Crippen molar-refractivity contribution in [1.29, 1.82) is 0 Å². The number of carbonyl (C=O) groups excluding carboxylic acids is 1. The average Bonchev–Trinajstić information content (AvgIpc) is 2.86. The Bertz CT molecular complexity index is 352. The van der Waals surface area contributed by atoms with Crippen molar-refractivity contribution in [2.45, 2.75) is 19.9 Å². The van der Waals surface area contributed by atoms with E-state index in [2.05, 4.69) is 22.5 Å². The quantitative estimate of drug-likeness (QED) is 0.832. The van der Waals surface area contributed by atoms with Crippen LogP contribution < -0.4 is 10.6 Å². The molecule has 2 heterocycles. The Hall–Kier alpha value is -0.940. The van der Waals surface area contributed by atoms with Gasteiger partial charge in [-0.2, -0.15) is 0 Å². The molecule has 2 N–H and O–H groups in total. The predicted molar refractivity (Wildman–Crippen MR) is 64.2 cm³/mol. The Morgan fingerprint density at radius 3 is 3.06 bits per heavy atom. The number of hydrogen-bond donors (Lipinski definition) is 2. The summed E-state index contributed by atoms with van der Waals surface area (Å²) in [4.78, 5) is 16.2. The maximum absolute atomic E-state index is 12.0. The molecule has 0 radical (unpaired) electrons. The summed E-state index contributed by atoms with van der Waals surface area (Å²) in [6.07, 6.45) is 1.77. The SMILES string of the molecule is CC(NC(=O)[C@@H]1CNC[C@H]1C)c1nccs1. The van der Waals surface area contributed by atoms with Gasteiger partial charge >= 0.3 is 0 Å². The van der Waals surface area contributed by atoms with Gasteiger partial charge in [0.2, 0.25) is 5.91 Å². The minimum Gasteiger partial charge on any atom is -0.347 e. The summed E-state index contributed by atoms with van der Waals surface area (Å²) < 4.78 is 0. The molecule has 1 saturated heterocycles. The molecule has 2 rings (SSSR count). The summed E-state index contributed by atoms with van der Waals surface area (Å²) in [5, 5.41) is 9.15. The standard InChI is InChI=1S/C11H17N3OS/c1-7-5-12-6-9(7)10(15)14-8(2)11-13-3-4-16-11/h3-4,7-9,12H,5-6H2,1-2H3,(H,14,15)/t7-,8?,9-/m1/s1. The van der Waals surface area contributed by atoms with Crippen molar-refractivity contribution < 1.29 is 4.79 Å². The van der Waals surface area contributed by atoms with E-state index in [-0.39, 0.29) is 17.9 Å². The van der Waals surface area contributed by atoms with E-state index in [0.717, 1.165) is 18.1 Å². The third-order valence-corrected chi connectivity index (χ3v) is 3.99. The fourth-order valence-corrected chi connectivity index (χ4v) is 2.64.